The number of nitrogens with zero attached hydrogens (tertiary/aromatic N) is 2. The minimum atomic E-state index is -0.762. The fourth-order valence-corrected chi connectivity index (χ4v) is 2.67. The summed E-state index contributed by atoms with van der Waals surface area (Å²) < 4.78 is 1.55. The average molecular weight is 356 g/mol. The summed E-state index contributed by atoms with van der Waals surface area (Å²) in [6, 6.07) is 1.81. The first-order chi connectivity index (χ1) is 6.93. The molecule has 0 aliphatic rings. The van der Waals surface area contributed by atoms with Crippen molar-refractivity contribution in [2.75, 3.05) is 14.1 Å². The summed E-state index contributed by atoms with van der Waals surface area (Å²) in [7, 11) is 3.31. The van der Waals surface area contributed by atoms with Gasteiger partial charge >= 0.3 is 0 Å². The van der Waals surface area contributed by atoms with E-state index in [1.54, 1.807) is 26.4 Å². The number of carbonyl (C=O) groups excluding carboxylic acids is 1. The van der Waals surface area contributed by atoms with E-state index in [2.05, 4.69) is 36.8 Å². The Morgan fingerprint density at radius 1 is 1.53 bits per heavy atom. The predicted molar refractivity (Wildman–Crippen MR) is 66.9 cm³/mol. The molecule has 82 valence electrons. The SMILES string of the molecule is CN(C)C(=O)C(Cl)c1ncc(Br)cc1Br. The lowest BCUT2D eigenvalue weighted by molar-refractivity contribution is -0.128. The van der Waals surface area contributed by atoms with Crippen molar-refractivity contribution >= 4 is 49.4 Å². The highest BCUT2D eigenvalue weighted by Crippen LogP contribution is 2.29. The first-order valence-corrected chi connectivity index (χ1v) is 6.12. The van der Waals surface area contributed by atoms with E-state index in [4.69, 9.17) is 11.6 Å². The first-order valence-electron chi connectivity index (χ1n) is 4.09. The number of carbonyl (C=O) groups is 1. The van der Waals surface area contributed by atoms with Gasteiger partial charge in [0.2, 0.25) is 5.91 Å². The highest BCUT2D eigenvalue weighted by molar-refractivity contribution is 9.11. The first kappa shape index (κ1) is 12.9. The van der Waals surface area contributed by atoms with E-state index in [9.17, 15) is 4.79 Å². The van der Waals surface area contributed by atoms with E-state index in [1.807, 2.05) is 0 Å². The van der Waals surface area contributed by atoms with Crippen LogP contribution in [0.1, 0.15) is 11.1 Å². The second-order valence-electron chi connectivity index (χ2n) is 3.12. The van der Waals surface area contributed by atoms with Crippen molar-refractivity contribution in [2.45, 2.75) is 5.38 Å². The number of alkyl halides is 1. The molecule has 1 unspecified atom stereocenters. The summed E-state index contributed by atoms with van der Waals surface area (Å²) in [5, 5.41) is -0.762. The molecule has 0 spiro atoms. The molecule has 1 aromatic heterocycles. The van der Waals surface area contributed by atoms with Crippen LogP contribution in [0.3, 0.4) is 0 Å². The van der Waals surface area contributed by atoms with Crippen LogP contribution in [0, 0.1) is 0 Å². The predicted octanol–water partition coefficient (Wildman–Crippen LogP) is 2.97. The monoisotopic (exact) mass is 354 g/mol. The van der Waals surface area contributed by atoms with Gasteiger partial charge in [0.05, 0.1) is 5.69 Å². The summed E-state index contributed by atoms with van der Waals surface area (Å²) in [6.07, 6.45) is 1.61. The molecular formula is C9H9Br2ClN2O. The molecule has 0 radical (unpaired) electrons. The number of rotatable bonds is 2. The van der Waals surface area contributed by atoms with Crippen molar-refractivity contribution in [1.82, 2.24) is 9.88 Å². The van der Waals surface area contributed by atoms with E-state index >= 15 is 0 Å². The molecule has 1 heterocycles. The molecular weight excluding hydrogens is 347 g/mol. The van der Waals surface area contributed by atoms with E-state index in [1.165, 1.54) is 4.90 Å². The van der Waals surface area contributed by atoms with Gasteiger partial charge in [0.15, 0.2) is 5.38 Å². The highest BCUT2D eigenvalue weighted by atomic mass is 79.9. The second kappa shape index (κ2) is 5.27. The number of halogens is 3. The van der Waals surface area contributed by atoms with Gasteiger partial charge in [-0.3, -0.25) is 9.78 Å². The molecule has 0 N–H and O–H groups in total. The lowest BCUT2D eigenvalue weighted by Gasteiger charge is -2.15. The Bertz CT molecular complexity index is 384. The van der Waals surface area contributed by atoms with Crippen molar-refractivity contribution in [2.24, 2.45) is 0 Å². The molecule has 1 rings (SSSR count). The third kappa shape index (κ3) is 3.16. The van der Waals surface area contributed by atoms with Crippen LogP contribution in [0.4, 0.5) is 0 Å². The van der Waals surface area contributed by atoms with E-state index in [-0.39, 0.29) is 5.91 Å². The molecule has 0 saturated carbocycles. The molecule has 1 aromatic rings. The van der Waals surface area contributed by atoms with Crippen LogP contribution in [0.5, 0.6) is 0 Å². The largest absolute Gasteiger partial charge is 0.347 e. The van der Waals surface area contributed by atoms with Gasteiger partial charge in [-0.25, -0.2) is 0 Å². The van der Waals surface area contributed by atoms with Gasteiger partial charge in [0.1, 0.15) is 0 Å². The van der Waals surface area contributed by atoms with Crippen molar-refractivity contribution in [3.8, 4) is 0 Å². The van der Waals surface area contributed by atoms with Crippen LogP contribution >= 0.6 is 43.5 Å². The molecule has 0 saturated heterocycles. The van der Waals surface area contributed by atoms with Crippen LogP contribution in [0.25, 0.3) is 0 Å². The minimum Gasteiger partial charge on any atom is -0.347 e. The molecule has 3 nitrogen and oxygen atoms in total. The van der Waals surface area contributed by atoms with Crippen molar-refractivity contribution in [3.63, 3.8) is 0 Å². The van der Waals surface area contributed by atoms with E-state index in [0.717, 1.165) is 4.47 Å². The van der Waals surface area contributed by atoms with Gasteiger partial charge in [0, 0.05) is 29.2 Å². The summed E-state index contributed by atoms with van der Waals surface area (Å²) in [5.41, 5.74) is 0.526. The maximum atomic E-state index is 11.6. The summed E-state index contributed by atoms with van der Waals surface area (Å²) in [6.45, 7) is 0. The van der Waals surface area contributed by atoms with Crippen LogP contribution in [0.15, 0.2) is 21.2 Å². The molecule has 1 atom stereocenters. The summed E-state index contributed by atoms with van der Waals surface area (Å²) in [4.78, 5) is 17.1. The second-order valence-corrected chi connectivity index (χ2v) is 5.32. The number of hydrogen-bond donors (Lipinski definition) is 0. The number of aromatic nitrogens is 1. The van der Waals surface area contributed by atoms with Crippen LogP contribution in [-0.2, 0) is 4.79 Å². The number of pyridine rings is 1. The molecule has 0 aromatic carbocycles. The van der Waals surface area contributed by atoms with Gasteiger partial charge in [0.25, 0.3) is 0 Å². The Balaban J connectivity index is 3.01. The molecule has 1 amide bonds. The van der Waals surface area contributed by atoms with Crippen molar-refractivity contribution in [1.29, 1.82) is 0 Å². The van der Waals surface area contributed by atoms with Gasteiger partial charge in [-0.2, -0.15) is 0 Å². The topological polar surface area (TPSA) is 33.2 Å². The summed E-state index contributed by atoms with van der Waals surface area (Å²) >= 11 is 12.6. The zero-order valence-electron chi connectivity index (χ0n) is 8.17. The Hall–Kier alpha value is -0.130. The molecule has 0 aliphatic carbocycles. The van der Waals surface area contributed by atoms with Crippen LogP contribution in [-0.4, -0.2) is 29.9 Å². The van der Waals surface area contributed by atoms with Crippen molar-refractivity contribution < 1.29 is 4.79 Å². The summed E-state index contributed by atoms with van der Waals surface area (Å²) in [5.74, 6) is -0.188. The smallest absolute Gasteiger partial charge is 0.246 e. The Kier molecular flexibility index (Phi) is 4.55. The Labute approximate surface area is 110 Å². The van der Waals surface area contributed by atoms with Crippen LogP contribution in [0.2, 0.25) is 0 Å². The normalized spacial score (nSPS) is 12.3. The van der Waals surface area contributed by atoms with Gasteiger partial charge < -0.3 is 4.90 Å². The minimum absolute atomic E-state index is 0.188. The number of hydrogen-bond acceptors (Lipinski definition) is 2. The van der Waals surface area contributed by atoms with Crippen molar-refractivity contribution in [3.05, 3.63) is 26.9 Å². The van der Waals surface area contributed by atoms with Gasteiger partial charge in [-0.15, -0.1) is 11.6 Å². The van der Waals surface area contributed by atoms with E-state index in [0.29, 0.717) is 10.2 Å². The third-order valence-electron chi connectivity index (χ3n) is 1.73. The zero-order valence-corrected chi connectivity index (χ0v) is 12.1. The quantitative estimate of drug-likeness (QED) is 0.764. The van der Waals surface area contributed by atoms with Gasteiger partial charge in [-0.05, 0) is 37.9 Å². The average Bonchev–Trinajstić information content (AvgIpc) is 2.15. The number of amides is 1. The zero-order chi connectivity index (χ0) is 11.6. The maximum absolute atomic E-state index is 11.6. The van der Waals surface area contributed by atoms with Crippen LogP contribution < -0.4 is 0 Å². The fraction of sp³-hybridized carbons (Fsp3) is 0.333. The van der Waals surface area contributed by atoms with Gasteiger partial charge in [-0.1, -0.05) is 0 Å². The molecule has 6 heteroatoms. The highest BCUT2D eigenvalue weighted by Gasteiger charge is 2.23. The molecule has 0 aliphatic heterocycles. The molecule has 0 fully saturated rings. The standard InChI is InChI=1S/C9H9Br2ClN2O/c1-14(2)9(15)7(12)8-6(11)3-5(10)4-13-8/h3-4,7H,1-2H3. The Morgan fingerprint density at radius 3 is 2.60 bits per heavy atom. The molecule has 15 heavy (non-hydrogen) atoms. The lowest BCUT2D eigenvalue weighted by atomic mass is 10.2. The number of likely N-dealkylation sites (N-methyl/N-ethyl adjacent to an activating group) is 1. The third-order valence-corrected chi connectivity index (χ3v) is 3.20. The maximum Gasteiger partial charge on any atom is 0.246 e. The molecule has 0 bridgehead atoms. The van der Waals surface area contributed by atoms with E-state index < -0.39 is 5.38 Å². The fourth-order valence-electron chi connectivity index (χ4n) is 0.955. The lowest BCUT2D eigenvalue weighted by Crippen LogP contribution is -2.26. The Morgan fingerprint density at radius 2 is 2.13 bits per heavy atom.